The van der Waals surface area contributed by atoms with Crippen LogP contribution in [0.5, 0.6) is 0 Å². The Labute approximate surface area is 282 Å². The van der Waals surface area contributed by atoms with Crippen molar-refractivity contribution in [1.29, 1.82) is 0 Å². The van der Waals surface area contributed by atoms with E-state index in [2.05, 4.69) is 6.92 Å². The van der Waals surface area contributed by atoms with Gasteiger partial charge in [0.05, 0.1) is 106 Å². The molecular weight excluding hydrogens is 592 g/mol. The summed E-state index contributed by atoms with van der Waals surface area (Å²) in [6, 6.07) is 0. The molecule has 10 heteroatoms. The van der Waals surface area contributed by atoms with Gasteiger partial charge in [-0.15, -0.1) is 0 Å². The topological polar surface area (TPSA) is 100 Å². The third kappa shape index (κ3) is 41.2. The Morgan fingerprint density at radius 1 is 0.370 bits per heavy atom. The van der Waals surface area contributed by atoms with Gasteiger partial charge in [-0.1, -0.05) is 84.0 Å². The number of hydrogen-bond acceptors (Lipinski definition) is 10. The number of esters is 1. The van der Waals surface area contributed by atoms with Crippen molar-refractivity contribution in [3.8, 4) is 0 Å². The molecule has 0 amide bonds. The van der Waals surface area contributed by atoms with E-state index in [0.29, 0.717) is 99.1 Å². The van der Waals surface area contributed by atoms with E-state index in [9.17, 15) is 4.79 Å². The smallest absolute Gasteiger partial charge is 0.308 e. The number of rotatable bonds is 38. The van der Waals surface area contributed by atoms with Crippen LogP contribution in [0.2, 0.25) is 0 Å². The van der Waals surface area contributed by atoms with Crippen molar-refractivity contribution < 1.29 is 47.4 Å². The monoisotopic (exact) mass is 665 g/mol. The van der Waals surface area contributed by atoms with Crippen LogP contribution in [-0.2, 0) is 47.4 Å². The minimum atomic E-state index is -0.466. The van der Waals surface area contributed by atoms with Crippen molar-refractivity contribution in [2.24, 2.45) is 0 Å². The summed E-state index contributed by atoms with van der Waals surface area (Å²) in [5, 5.41) is 0. The van der Waals surface area contributed by atoms with Gasteiger partial charge >= 0.3 is 5.97 Å². The first-order valence-electron chi connectivity index (χ1n) is 18.3. The third-order valence-corrected chi connectivity index (χ3v) is 6.87. The maximum atomic E-state index is 11.6. The van der Waals surface area contributed by atoms with Crippen LogP contribution in [0.25, 0.3) is 0 Å². The predicted octanol–water partition coefficient (Wildman–Crippen LogP) is 6.94. The summed E-state index contributed by atoms with van der Waals surface area (Å²) in [5.74, 6) is -0.256. The van der Waals surface area contributed by atoms with Gasteiger partial charge in [-0.05, 0) is 27.2 Å². The van der Waals surface area contributed by atoms with Gasteiger partial charge in [0.2, 0.25) is 0 Å². The van der Waals surface area contributed by atoms with E-state index in [0.717, 1.165) is 13.0 Å². The largest absolute Gasteiger partial charge is 0.460 e. The van der Waals surface area contributed by atoms with Crippen molar-refractivity contribution in [1.82, 2.24) is 0 Å². The fourth-order valence-corrected chi connectivity index (χ4v) is 4.41. The van der Waals surface area contributed by atoms with Crippen LogP contribution in [0, 0.1) is 0 Å². The normalized spacial score (nSPS) is 11.8. The number of carbonyl (C=O) groups excluding carboxylic acids is 1. The van der Waals surface area contributed by atoms with Gasteiger partial charge in [0, 0.05) is 6.61 Å². The minimum Gasteiger partial charge on any atom is -0.460 e. The van der Waals surface area contributed by atoms with Gasteiger partial charge in [0.25, 0.3) is 0 Å². The van der Waals surface area contributed by atoms with Gasteiger partial charge < -0.3 is 42.6 Å². The molecule has 0 heterocycles. The Hall–Kier alpha value is -0.850. The van der Waals surface area contributed by atoms with Gasteiger partial charge in [0.1, 0.15) is 5.60 Å². The van der Waals surface area contributed by atoms with Crippen molar-refractivity contribution >= 4 is 5.97 Å². The van der Waals surface area contributed by atoms with Crippen molar-refractivity contribution in [3.63, 3.8) is 0 Å². The lowest BCUT2D eigenvalue weighted by Gasteiger charge is -2.19. The molecule has 0 saturated carbocycles. The molecule has 0 aromatic rings. The highest BCUT2D eigenvalue weighted by Gasteiger charge is 2.15. The lowest BCUT2D eigenvalue weighted by molar-refractivity contribution is -0.156. The minimum absolute atomic E-state index is 0.241. The Bertz CT molecular complexity index is 600. The van der Waals surface area contributed by atoms with Crippen LogP contribution in [-0.4, -0.2) is 117 Å². The van der Waals surface area contributed by atoms with Gasteiger partial charge in [-0.25, -0.2) is 0 Å². The Kier molecular flexibility index (Phi) is 36.3. The van der Waals surface area contributed by atoms with E-state index in [4.69, 9.17) is 42.6 Å². The molecular formula is C36H72O10. The summed E-state index contributed by atoms with van der Waals surface area (Å²) in [4.78, 5) is 11.6. The zero-order valence-corrected chi connectivity index (χ0v) is 30.3. The summed E-state index contributed by atoms with van der Waals surface area (Å²) in [5.41, 5.74) is -0.466. The average molecular weight is 665 g/mol. The van der Waals surface area contributed by atoms with Crippen molar-refractivity contribution in [2.75, 3.05) is 106 Å². The van der Waals surface area contributed by atoms with Crippen LogP contribution >= 0.6 is 0 Å². The lowest BCUT2D eigenvalue weighted by Crippen LogP contribution is -2.24. The molecule has 0 radical (unpaired) electrons. The molecule has 0 aliphatic heterocycles. The van der Waals surface area contributed by atoms with Crippen LogP contribution < -0.4 is 0 Å². The van der Waals surface area contributed by atoms with E-state index >= 15 is 0 Å². The predicted molar refractivity (Wildman–Crippen MR) is 183 cm³/mol. The van der Waals surface area contributed by atoms with Crippen LogP contribution in [0.3, 0.4) is 0 Å². The van der Waals surface area contributed by atoms with E-state index < -0.39 is 5.60 Å². The summed E-state index contributed by atoms with van der Waals surface area (Å²) < 4.78 is 49.2. The molecule has 0 aromatic heterocycles. The van der Waals surface area contributed by atoms with E-state index in [1.165, 1.54) is 77.0 Å². The second kappa shape index (κ2) is 37.0. The number of unbranched alkanes of at least 4 members (excludes halogenated alkanes) is 12. The Morgan fingerprint density at radius 3 is 0.935 bits per heavy atom. The zero-order chi connectivity index (χ0) is 33.7. The lowest BCUT2D eigenvalue weighted by atomic mass is 10.0. The maximum absolute atomic E-state index is 11.6. The molecule has 0 saturated heterocycles. The standard InChI is InChI=1S/C36H72O10/c1-5-6-7-8-9-10-11-12-13-14-15-16-17-19-38-21-23-40-25-27-42-29-31-44-33-34-45-32-30-43-28-26-41-24-22-39-20-18-35(37)46-36(2,3)4/h5-34H2,1-4H3. The molecule has 0 bridgehead atoms. The fraction of sp³-hybridized carbons (Fsp3) is 0.972. The van der Waals surface area contributed by atoms with Crippen LogP contribution in [0.4, 0.5) is 0 Å². The van der Waals surface area contributed by atoms with E-state index in [1.807, 2.05) is 20.8 Å². The Morgan fingerprint density at radius 2 is 0.630 bits per heavy atom. The molecule has 46 heavy (non-hydrogen) atoms. The summed E-state index contributed by atoms with van der Waals surface area (Å²) in [6.45, 7) is 16.3. The second-order valence-corrected chi connectivity index (χ2v) is 12.5. The van der Waals surface area contributed by atoms with E-state index in [1.54, 1.807) is 0 Å². The van der Waals surface area contributed by atoms with Crippen LogP contribution in [0.15, 0.2) is 0 Å². The first kappa shape index (κ1) is 45.2. The molecule has 0 aliphatic carbocycles. The summed E-state index contributed by atoms with van der Waals surface area (Å²) in [7, 11) is 0. The summed E-state index contributed by atoms with van der Waals surface area (Å²) >= 11 is 0. The molecule has 0 aromatic carbocycles. The molecule has 0 fully saturated rings. The second-order valence-electron chi connectivity index (χ2n) is 12.5. The SMILES string of the molecule is CCCCCCCCCCCCCCCOCCOCCOCCOCCOCCOCCOCCOCCC(=O)OC(C)(C)C. The maximum Gasteiger partial charge on any atom is 0.308 e. The molecule has 0 N–H and O–H groups in total. The quantitative estimate of drug-likeness (QED) is 0.0510. The molecule has 0 atom stereocenters. The van der Waals surface area contributed by atoms with Crippen molar-refractivity contribution in [3.05, 3.63) is 0 Å². The van der Waals surface area contributed by atoms with Crippen molar-refractivity contribution in [2.45, 2.75) is 123 Å². The van der Waals surface area contributed by atoms with Gasteiger partial charge in [0.15, 0.2) is 0 Å². The van der Waals surface area contributed by atoms with E-state index in [-0.39, 0.29) is 12.4 Å². The molecule has 0 spiro atoms. The first-order valence-corrected chi connectivity index (χ1v) is 18.3. The fourth-order valence-electron chi connectivity index (χ4n) is 4.41. The number of hydrogen-bond donors (Lipinski definition) is 0. The molecule has 276 valence electrons. The first-order chi connectivity index (χ1) is 22.5. The molecule has 0 aliphatic rings. The Balaban J connectivity index is 3.09. The average Bonchev–Trinajstić information content (AvgIpc) is 3.01. The molecule has 10 nitrogen and oxygen atoms in total. The highest BCUT2D eigenvalue weighted by Crippen LogP contribution is 2.12. The zero-order valence-electron chi connectivity index (χ0n) is 30.3. The molecule has 0 rings (SSSR count). The number of carbonyl (C=O) groups is 1. The van der Waals surface area contributed by atoms with Gasteiger partial charge in [-0.3, -0.25) is 4.79 Å². The van der Waals surface area contributed by atoms with Crippen LogP contribution in [0.1, 0.15) is 118 Å². The highest BCUT2D eigenvalue weighted by atomic mass is 16.6. The summed E-state index contributed by atoms with van der Waals surface area (Å²) in [6.07, 6.45) is 18.0. The third-order valence-electron chi connectivity index (χ3n) is 6.87. The highest BCUT2D eigenvalue weighted by molar-refractivity contribution is 5.69. The number of ether oxygens (including phenoxy) is 9. The molecule has 0 unspecified atom stereocenters. The van der Waals surface area contributed by atoms with Gasteiger partial charge in [-0.2, -0.15) is 0 Å².